The third-order valence-electron chi connectivity index (χ3n) is 4.28. The molecule has 1 aromatic heterocycles. The molecule has 0 aliphatic carbocycles. The molecule has 2 aromatic rings. The van der Waals surface area contributed by atoms with Gasteiger partial charge in [0.05, 0.1) is 28.4 Å². The first-order valence-electron chi connectivity index (χ1n) is 7.93. The number of nitrogens with zero attached hydrogens (tertiary/aromatic N) is 2. The number of ether oxygens (including phenoxy) is 1. The van der Waals surface area contributed by atoms with Gasteiger partial charge < -0.3 is 15.2 Å². The predicted molar refractivity (Wildman–Crippen MR) is 92.4 cm³/mol. The summed E-state index contributed by atoms with van der Waals surface area (Å²) in [7, 11) is 0. The highest BCUT2D eigenvalue weighted by Gasteiger charge is 2.22. The fraction of sp³-hybridized carbons (Fsp3) is 0.353. The Labute approximate surface area is 149 Å². The van der Waals surface area contributed by atoms with E-state index in [0.717, 1.165) is 18.5 Å². The van der Waals surface area contributed by atoms with Gasteiger partial charge in [-0.3, -0.25) is 9.48 Å². The normalized spacial score (nSPS) is 15.1. The molecule has 0 bridgehead atoms. The second-order valence-corrected chi connectivity index (χ2v) is 6.29. The van der Waals surface area contributed by atoms with Crippen molar-refractivity contribution in [3.8, 4) is 0 Å². The summed E-state index contributed by atoms with van der Waals surface area (Å²) in [6, 6.07) is 4.52. The van der Waals surface area contributed by atoms with Crippen molar-refractivity contribution in [3.05, 3.63) is 46.2 Å². The number of carboxylic acids is 1. The third-order valence-corrected chi connectivity index (χ3v) is 4.60. The summed E-state index contributed by atoms with van der Waals surface area (Å²) in [5.41, 5.74) is 1.68. The second-order valence-electron chi connectivity index (χ2n) is 5.89. The van der Waals surface area contributed by atoms with Crippen molar-refractivity contribution in [3.63, 3.8) is 0 Å². The minimum atomic E-state index is -1.11. The number of aromatic carboxylic acids is 1. The Hall–Kier alpha value is -2.38. The number of hydrogen-bond acceptors (Lipinski definition) is 4. The lowest BCUT2D eigenvalue weighted by atomic mass is 10.1. The van der Waals surface area contributed by atoms with E-state index in [-0.39, 0.29) is 22.5 Å². The maximum Gasteiger partial charge on any atom is 0.337 e. The highest BCUT2D eigenvalue weighted by atomic mass is 35.5. The lowest BCUT2D eigenvalue weighted by molar-refractivity contribution is 0.0656. The maximum atomic E-state index is 12.5. The summed E-state index contributed by atoms with van der Waals surface area (Å²) >= 11 is 5.93. The minimum Gasteiger partial charge on any atom is -0.478 e. The van der Waals surface area contributed by atoms with Crippen molar-refractivity contribution in [1.29, 1.82) is 0 Å². The molecule has 1 aromatic carbocycles. The number of carbonyl (C=O) groups excluding carboxylic acids is 1. The molecule has 8 heteroatoms. The summed E-state index contributed by atoms with van der Waals surface area (Å²) in [5.74, 6) is -1.42. The van der Waals surface area contributed by atoms with Crippen molar-refractivity contribution in [1.82, 2.24) is 9.78 Å². The number of halogens is 1. The zero-order valence-corrected chi connectivity index (χ0v) is 14.4. The fourth-order valence-corrected chi connectivity index (χ4v) is 3.17. The average molecular weight is 364 g/mol. The van der Waals surface area contributed by atoms with E-state index in [1.54, 1.807) is 6.20 Å². The van der Waals surface area contributed by atoms with E-state index in [2.05, 4.69) is 10.4 Å². The van der Waals surface area contributed by atoms with E-state index < -0.39 is 5.97 Å². The first kappa shape index (κ1) is 17.4. The van der Waals surface area contributed by atoms with Crippen LogP contribution >= 0.6 is 11.6 Å². The quantitative estimate of drug-likeness (QED) is 0.870. The Morgan fingerprint density at radius 2 is 2.04 bits per heavy atom. The standard InChI is InChI=1S/C17H18ClN3O4/c1-10-14(9-19-21(10)12-4-6-25-7-5-12)16(22)20-11-2-3-13(17(23)24)15(18)8-11/h2-3,8-9,12H,4-7H2,1H3,(H,20,22)(H,23,24). The van der Waals surface area contributed by atoms with Crippen molar-refractivity contribution >= 4 is 29.2 Å². The Bertz CT molecular complexity index is 812. The lowest BCUT2D eigenvalue weighted by Crippen LogP contribution is -2.22. The van der Waals surface area contributed by atoms with Gasteiger partial charge in [-0.25, -0.2) is 4.79 Å². The van der Waals surface area contributed by atoms with E-state index >= 15 is 0 Å². The van der Waals surface area contributed by atoms with Crippen LogP contribution in [0.1, 0.15) is 45.3 Å². The summed E-state index contributed by atoms with van der Waals surface area (Å²) in [4.78, 5) is 23.5. The van der Waals surface area contributed by atoms with E-state index in [1.807, 2.05) is 11.6 Å². The number of anilines is 1. The van der Waals surface area contributed by atoms with Crippen LogP contribution < -0.4 is 5.32 Å². The molecule has 0 saturated carbocycles. The van der Waals surface area contributed by atoms with Gasteiger partial charge in [-0.2, -0.15) is 5.10 Å². The number of carboxylic acid groups (broad SMARTS) is 1. The van der Waals surface area contributed by atoms with E-state index in [4.69, 9.17) is 21.4 Å². The molecule has 1 aliphatic heterocycles. The summed E-state index contributed by atoms with van der Waals surface area (Å²) < 4.78 is 7.23. The zero-order chi connectivity index (χ0) is 18.0. The van der Waals surface area contributed by atoms with E-state index in [1.165, 1.54) is 18.2 Å². The van der Waals surface area contributed by atoms with Gasteiger partial charge in [-0.1, -0.05) is 11.6 Å². The number of nitrogens with one attached hydrogen (secondary N) is 1. The van der Waals surface area contributed by atoms with Gasteiger partial charge in [0, 0.05) is 24.6 Å². The van der Waals surface area contributed by atoms with E-state index in [0.29, 0.717) is 24.5 Å². The van der Waals surface area contributed by atoms with Gasteiger partial charge in [0.2, 0.25) is 0 Å². The predicted octanol–water partition coefficient (Wildman–Crippen LogP) is 3.15. The van der Waals surface area contributed by atoms with Gasteiger partial charge in [-0.15, -0.1) is 0 Å². The smallest absolute Gasteiger partial charge is 0.337 e. The summed E-state index contributed by atoms with van der Waals surface area (Å²) in [5, 5.41) is 16.1. The van der Waals surface area contributed by atoms with Gasteiger partial charge >= 0.3 is 5.97 Å². The van der Waals surface area contributed by atoms with Crippen LogP contribution in [-0.4, -0.2) is 40.0 Å². The largest absolute Gasteiger partial charge is 0.478 e. The van der Waals surface area contributed by atoms with E-state index in [9.17, 15) is 9.59 Å². The Balaban J connectivity index is 1.76. The van der Waals surface area contributed by atoms with Crippen LogP contribution in [0.5, 0.6) is 0 Å². The van der Waals surface area contributed by atoms with Crippen molar-refractivity contribution in [2.75, 3.05) is 18.5 Å². The molecule has 7 nitrogen and oxygen atoms in total. The average Bonchev–Trinajstić information content (AvgIpc) is 2.97. The van der Waals surface area contributed by atoms with Gasteiger partial charge in [0.1, 0.15) is 0 Å². The SMILES string of the molecule is Cc1c(C(=O)Nc2ccc(C(=O)O)c(Cl)c2)cnn1C1CCOCC1. The Kier molecular flexibility index (Phi) is 5.06. The molecule has 1 saturated heterocycles. The molecule has 2 N–H and O–H groups in total. The monoisotopic (exact) mass is 363 g/mol. The Morgan fingerprint density at radius 1 is 1.32 bits per heavy atom. The molecule has 0 spiro atoms. The molecular formula is C17H18ClN3O4. The fourth-order valence-electron chi connectivity index (χ4n) is 2.91. The van der Waals surface area contributed by atoms with Crippen LogP contribution in [0.2, 0.25) is 5.02 Å². The molecule has 1 fully saturated rings. The number of rotatable bonds is 4. The van der Waals surface area contributed by atoms with Crippen LogP contribution in [0.15, 0.2) is 24.4 Å². The van der Waals surface area contributed by atoms with Crippen LogP contribution in [0.3, 0.4) is 0 Å². The highest BCUT2D eigenvalue weighted by molar-refractivity contribution is 6.33. The van der Waals surface area contributed by atoms with Gasteiger partial charge in [0.25, 0.3) is 5.91 Å². The molecule has 25 heavy (non-hydrogen) atoms. The van der Waals surface area contributed by atoms with Crippen molar-refractivity contribution in [2.45, 2.75) is 25.8 Å². The zero-order valence-electron chi connectivity index (χ0n) is 13.7. The topological polar surface area (TPSA) is 93.5 Å². The van der Waals surface area contributed by atoms with Crippen molar-refractivity contribution < 1.29 is 19.4 Å². The number of hydrogen-bond donors (Lipinski definition) is 2. The van der Waals surface area contributed by atoms with Crippen LogP contribution in [0.25, 0.3) is 0 Å². The van der Waals surface area contributed by atoms with Crippen molar-refractivity contribution in [2.24, 2.45) is 0 Å². The van der Waals surface area contributed by atoms with Crippen LogP contribution in [0.4, 0.5) is 5.69 Å². The van der Waals surface area contributed by atoms with Gasteiger partial charge in [-0.05, 0) is 38.0 Å². The molecule has 0 unspecified atom stereocenters. The second kappa shape index (κ2) is 7.25. The van der Waals surface area contributed by atoms with Crippen LogP contribution in [0, 0.1) is 6.92 Å². The number of benzene rings is 1. The summed E-state index contributed by atoms with van der Waals surface area (Å²) in [6.07, 6.45) is 3.29. The maximum absolute atomic E-state index is 12.5. The number of amides is 1. The van der Waals surface area contributed by atoms with Gasteiger partial charge in [0.15, 0.2) is 0 Å². The lowest BCUT2D eigenvalue weighted by Gasteiger charge is -2.23. The molecule has 132 valence electrons. The highest BCUT2D eigenvalue weighted by Crippen LogP contribution is 2.25. The number of carbonyl (C=O) groups is 2. The molecule has 3 rings (SSSR count). The molecule has 2 heterocycles. The molecule has 1 amide bonds. The molecule has 1 aliphatic rings. The number of aromatic nitrogens is 2. The van der Waals surface area contributed by atoms with Crippen LogP contribution in [-0.2, 0) is 4.74 Å². The molecule has 0 radical (unpaired) electrons. The summed E-state index contributed by atoms with van der Waals surface area (Å²) in [6.45, 7) is 3.25. The molecule has 0 atom stereocenters. The first-order chi connectivity index (χ1) is 12.0. The Morgan fingerprint density at radius 3 is 2.68 bits per heavy atom. The molecular weight excluding hydrogens is 346 g/mol. The first-order valence-corrected chi connectivity index (χ1v) is 8.31. The third kappa shape index (κ3) is 3.67. The minimum absolute atomic E-state index is 0.0109.